The summed E-state index contributed by atoms with van der Waals surface area (Å²) < 4.78 is 5.27. The fourth-order valence-electron chi connectivity index (χ4n) is 2.38. The number of ether oxygens (including phenoxy) is 1. The molecule has 0 radical (unpaired) electrons. The van der Waals surface area contributed by atoms with Crippen LogP contribution in [-0.2, 0) is 4.79 Å². The van der Waals surface area contributed by atoms with Gasteiger partial charge < -0.3 is 15.2 Å². The van der Waals surface area contributed by atoms with E-state index in [1.807, 2.05) is 38.1 Å². The van der Waals surface area contributed by atoms with Gasteiger partial charge in [-0.2, -0.15) is 0 Å². The minimum Gasteiger partial charge on any atom is -0.495 e. The number of carboxylic acids is 1. The molecule has 0 bridgehead atoms. The van der Waals surface area contributed by atoms with Gasteiger partial charge in [0.1, 0.15) is 11.3 Å². The lowest BCUT2D eigenvalue weighted by molar-refractivity contribution is -0.142. The zero-order chi connectivity index (χ0) is 14.3. The van der Waals surface area contributed by atoms with Crippen LogP contribution in [0.4, 0.5) is 5.69 Å². The summed E-state index contributed by atoms with van der Waals surface area (Å²) in [6.45, 7) is 3.99. The standard InChI is InChI=1S/C15H23NO3/c1-4-10-15(11-5-2,14(17)18)16-12-8-6-7-9-13(12)19-3/h6-9,16H,4-5,10-11H2,1-3H3,(H,17,18). The van der Waals surface area contributed by atoms with Gasteiger partial charge in [0.15, 0.2) is 0 Å². The van der Waals surface area contributed by atoms with Crippen LogP contribution >= 0.6 is 0 Å². The smallest absolute Gasteiger partial charge is 0.329 e. The van der Waals surface area contributed by atoms with Crippen molar-refractivity contribution >= 4 is 11.7 Å². The van der Waals surface area contributed by atoms with Crippen LogP contribution in [0.1, 0.15) is 39.5 Å². The van der Waals surface area contributed by atoms with Crippen molar-refractivity contribution in [3.63, 3.8) is 0 Å². The lowest BCUT2D eigenvalue weighted by Gasteiger charge is -2.31. The van der Waals surface area contributed by atoms with Gasteiger partial charge in [-0.1, -0.05) is 38.8 Å². The summed E-state index contributed by atoms with van der Waals surface area (Å²) in [5.74, 6) is -0.137. The molecule has 0 unspecified atom stereocenters. The molecule has 0 saturated heterocycles. The lowest BCUT2D eigenvalue weighted by Crippen LogP contribution is -2.46. The number of carbonyl (C=O) groups is 1. The molecule has 0 spiro atoms. The van der Waals surface area contributed by atoms with E-state index < -0.39 is 11.5 Å². The highest BCUT2D eigenvalue weighted by Crippen LogP contribution is 2.31. The van der Waals surface area contributed by atoms with E-state index in [9.17, 15) is 9.90 Å². The summed E-state index contributed by atoms with van der Waals surface area (Å²) in [5, 5.41) is 12.8. The highest BCUT2D eigenvalue weighted by Gasteiger charge is 2.37. The molecule has 4 nitrogen and oxygen atoms in total. The molecule has 4 heteroatoms. The summed E-state index contributed by atoms with van der Waals surface area (Å²) in [5.41, 5.74) is -0.188. The van der Waals surface area contributed by atoms with E-state index in [-0.39, 0.29) is 0 Å². The number of anilines is 1. The molecule has 0 aliphatic rings. The van der Waals surface area contributed by atoms with Crippen molar-refractivity contribution in [3.05, 3.63) is 24.3 Å². The Morgan fingerprint density at radius 3 is 2.32 bits per heavy atom. The summed E-state index contributed by atoms with van der Waals surface area (Å²) in [4.78, 5) is 11.7. The Morgan fingerprint density at radius 2 is 1.84 bits per heavy atom. The largest absolute Gasteiger partial charge is 0.495 e. The number of benzene rings is 1. The molecule has 0 saturated carbocycles. The molecule has 0 heterocycles. The first kappa shape index (κ1) is 15.3. The van der Waals surface area contributed by atoms with Crippen LogP contribution in [-0.4, -0.2) is 23.7 Å². The number of hydrogen-bond donors (Lipinski definition) is 2. The van der Waals surface area contributed by atoms with Crippen molar-refractivity contribution in [2.24, 2.45) is 0 Å². The van der Waals surface area contributed by atoms with Crippen molar-refractivity contribution in [2.45, 2.75) is 45.1 Å². The molecular weight excluding hydrogens is 242 g/mol. The van der Waals surface area contributed by atoms with Crippen molar-refractivity contribution in [2.75, 3.05) is 12.4 Å². The Morgan fingerprint density at radius 1 is 1.26 bits per heavy atom. The number of hydrogen-bond acceptors (Lipinski definition) is 3. The van der Waals surface area contributed by atoms with Crippen molar-refractivity contribution in [1.82, 2.24) is 0 Å². The maximum Gasteiger partial charge on any atom is 0.329 e. The van der Waals surface area contributed by atoms with E-state index in [0.29, 0.717) is 18.6 Å². The molecule has 0 atom stereocenters. The van der Waals surface area contributed by atoms with E-state index in [1.165, 1.54) is 0 Å². The van der Waals surface area contributed by atoms with Crippen molar-refractivity contribution in [1.29, 1.82) is 0 Å². The van der Waals surface area contributed by atoms with E-state index >= 15 is 0 Å². The quantitative estimate of drug-likeness (QED) is 0.755. The van der Waals surface area contributed by atoms with Gasteiger partial charge in [-0.05, 0) is 25.0 Å². The second-order valence-corrected chi connectivity index (χ2v) is 4.71. The second-order valence-electron chi connectivity index (χ2n) is 4.71. The SMILES string of the molecule is CCCC(CCC)(Nc1ccccc1OC)C(=O)O. The summed E-state index contributed by atoms with van der Waals surface area (Å²) >= 11 is 0. The predicted octanol–water partition coefficient (Wildman–Crippen LogP) is 3.53. The van der Waals surface area contributed by atoms with Crippen molar-refractivity contribution in [3.8, 4) is 5.75 Å². The maximum atomic E-state index is 11.7. The van der Waals surface area contributed by atoms with Gasteiger partial charge in [0.25, 0.3) is 0 Å². The first-order valence-corrected chi connectivity index (χ1v) is 6.74. The van der Waals surface area contributed by atoms with Gasteiger partial charge in [-0.25, -0.2) is 4.79 Å². The third-order valence-electron chi connectivity index (χ3n) is 3.24. The normalized spacial score (nSPS) is 11.1. The highest BCUT2D eigenvalue weighted by atomic mass is 16.5. The first-order chi connectivity index (χ1) is 9.09. The number of nitrogens with one attached hydrogen (secondary N) is 1. The molecule has 1 aromatic rings. The molecule has 1 aromatic carbocycles. The van der Waals surface area contributed by atoms with Crippen LogP contribution in [0, 0.1) is 0 Å². The highest BCUT2D eigenvalue weighted by molar-refractivity contribution is 5.83. The van der Waals surface area contributed by atoms with E-state index in [4.69, 9.17) is 4.74 Å². The second kappa shape index (κ2) is 7.02. The molecule has 2 N–H and O–H groups in total. The molecule has 106 valence electrons. The third kappa shape index (κ3) is 3.63. The average molecular weight is 265 g/mol. The molecule has 19 heavy (non-hydrogen) atoms. The van der Waals surface area contributed by atoms with E-state index in [2.05, 4.69) is 5.32 Å². The molecule has 0 aliphatic carbocycles. The van der Waals surface area contributed by atoms with Gasteiger partial charge in [-0.15, -0.1) is 0 Å². The van der Waals surface area contributed by atoms with Gasteiger partial charge in [0.2, 0.25) is 0 Å². The Hall–Kier alpha value is -1.71. The van der Waals surface area contributed by atoms with Crippen LogP contribution in [0.2, 0.25) is 0 Å². The summed E-state index contributed by atoms with van der Waals surface area (Å²) in [6, 6.07) is 7.41. The van der Waals surface area contributed by atoms with Gasteiger partial charge in [-0.3, -0.25) is 0 Å². The van der Waals surface area contributed by atoms with Crippen LogP contribution in [0.15, 0.2) is 24.3 Å². The van der Waals surface area contributed by atoms with Gasteiger partial charge in [0.05, 0.1) is 12.8 Å². The number of para-hydroxylation sites is 2. The number of rotatable bonds is 8. The van der Waals surface area contributed by atoms with Crippen LogP contribution in [0.25, 0.3) is 0 Å². The zero-order valence-electron chi connectivity index (χ0n) is 11.9. The number of carboxylic acid groups (broad SMARTS) is 1. The maximum absolute atomic E-state index is 11.7. The molecule has 1 rings (SSSR count). The van der Waals surface area contributed by atoms with Gasteiger partial charge in [0, 0.05) is 0 Å². The van der Waals surface area contributed by atoms with E-state index in [1.54, 1.807) is 7.11 Å². The predicted molar refractivity (Wildman–Crippen MR) is 76.8 cm³/mol. The molecule has 0 amide bonds. The topological polar surface area (TPSA) is 58.6 Å². The molecule has 0 aliphatic heterocycles. The minimum atomic E-state index is -0.919. The fourth-order valence-corrected chi connectivity index (χ4v) is 2.38. The zero-order valence-corrected chi connectivity index (χ0v) is 11.9. The molecular formula is C15H23NO3. The van der Waals surface area contributed by atoms with Crippen molar-refractivity contribution < 1.29 is 14.6 Å². The summed E-state index contributed by atoms with van der Waals surface area (Å²) in [6.07, 6.45) is 2.81. The summed E-state index contributed by atoms with van der Waals surface area (Å²) in [7, 11) is 1.59. The van der Waals surface area contributed by atoms with Crippen LogP contribution in [0.5, 0.6) is 5.75 Å². The number of aliphatic carboxylic acids is 1. The minimum absolute atomic E-state index is 0.591. The Labute approximate surface area is 114 Å². The first-order valence-electron chi connectivity index (χ1n) is 6.74. The fraction of sp³-hybridized carbons (Fsp3) is 0.533. The average Bonchev–Trinajstić information content (AvgIpc) is 2.39. The lowest BCUT2D eigenvalue weighted by atomic mass is 9.88. The molecule has 0 aromatic heterocycles. The third-order valence-corrected chi connectivity index (χ3v) is 3.24. The molecule has 0 fully saturated rings. The van der Waals surface area contributed by atoms with Crippen LogP contribution < -0.4 is 10.1 Å². The van der Waals surface area contributed by atoms with Crippen LogP contribution in [0.3, 0.4) is 0 Å². The van der Waals surface area contributed by atoms with Gasteiger partial charge >= 0.3 is 5.97 Å². The monoisotopic (exact) mass is 265 g/mol. The Balaban J connectivity index is 3.08. The Bertz CT molecular complexity index is 412. The number of methoxy groups -OCH3 is 1. The van der Waals surface area contributed by atoms with E-state index in [0.717, 1.165) is 18.5 Å². The Kier molecular flexibility index (Phi) is 5.67.